The standard InChI is InChI=1S/C19H23N7O2/c1-11-12(2)22-16-8-14(23-26(16)17(11)27)15-6-5-7-25(15)18(28)13-9-20-19(21-10-13)24(3)4/h8-10,15,23H,5-7H2,1-4H3. The van der Waals surface area contributed by atoms with Gasteiger partial charge in [-0.1, -0.05) is 0 Å². The Morgan fingerprint density at radius 3 is 2.64 bits per heavy atom. The molecule has 0 aliphatic carbocycles. The van der Waals surface area contributed by atoms with Crippen molar-refractivity contribution in [2.75, 3.05) is 25.5 Å². The fraction of sp³-hybridized carbons (Fsp3) is 0.421. The van der Waals surface area contributed by atoms with Crippen LogP contribution in [-0.2, 0) is 0 Å². The summed E-state index contributed by atoms with van der Waals surface area (Å²) in [5, 5.41) is 3.14. The van der Waals surface area contributed by atoms with Crippen LogP contribution in [0.3, 0.4) is 0 Å². The van der Waals surface area contributed by atoms with Crippen LogP contribution in [0.4, 0.5) is 5.95 Å². The molecule has 1 atom stereocenters. The molecule has 1 amide bonds. The van der Waals surface area contributed by atoms with Crippen LogP contribution in [0.2, 0.25) is 0 Å². The van der Waals surface area contributed by atoms with Crippen molar-refractivity contribution in [3.05, 3.63) is 51.3 Å². The van der Waals surface area contributed by atoms with E-state index in [4.69, 9.17) is 0 Å². The van der Waals surface area contributed by atoms with Gasteiger partial charge in [0, 0.05) is 50.4 Å². The van der Waals surface area contributed by atoms with E-state index >= 15 is 0 Å². The van der Waals surface area contributed by atoms with Gasteiger partial charge in [0.25, 0.3) is 11.5 Å². The van der Waals surface area contributed by atoms with Gasteiger partial charge in [0.15, 0.2) is 5.65 Å². The van der Waals surface area contributed by atoms with E-state index in [1.807, 2.05) is 32.0 Å². The molecule has 4 heterocycles. The van der Waals surface area contributed by atoms with Crippen LogP contribution in [0, 0.1) is 13.8 Å². The Labute approximate surface area is 162 Å². The summed E-state index contributed by atoms with van der Waals surface area (Å²) in [5.41, 5.74) is 3.05. The van der Waals surface area contributed by atoms with Gasteiger partial charge in [-0.15, -0.1) is 0 Å². The van der Waals surface area contributed by atoms with E-state index in [-0.39, 0.29) is 17.5 Å². The molecule has 1 N–H and O–H groups in total. The molecule has 3 aromatic heterocycles. The van der Waals surface area contributed by atoms with Gasteiger partial charge in [0.05, 0.1) is 17.3 Å². The summed E-state index contributed by atoms with van der Waals surface area (Å²) in [4.78, 5) is 42.1. The molecule has 0 saturated carbocycles. The van der Waals surface area contributed by atoms with Crippen LogP contribution in [-0.4, -0.2) is 56.0 Å². The second-order valence-corrected chi connectivity index (χ2v) is 7.36. The Balaban J connectivity index is 1.66. The largest absolute Gasteiger partial charge is 0.347 e. The lowest BCUT2D eigenvalue weighted by Crippen LogP contribution is -2.31. The smallest absolute Gasteiger partial charge is 0.275 e. The summed E-state index contributed by atoms with van der Waals surface area (Å²) in [6.45, 7) is 4.24. The van der Waals surface area contributed by atoms with Gasteiger partial charge in [0.1, 0.15) is 0 Å². The molecule has 3 aromatic rings. The van der Waals surface area contributed by atoms with Crippen LogP contribution >= 0.6 is 0 Å². The lowest BCUT2D eigenvalue weighted by Gasteiger charge is -2.23. The number of hydrogen-bond donors (Lipinski definition) is 1. The minimum atomic E-state index is -0.136. The molecule has 1 saturated heterocycles. The number of nitrogens with zero attached hydrogens (tertiary/aromatic N) is 6. The van der Waals surface area contributed by atoms with E-state index in [1.165, 1.54) is 4.52 Å². The predicted molar refractivity (Wildman–Crippen MR) is 105 cm³/mol. The minimum Gasteiger partial charge on any atom is -0.347 e. The van der Waals surface area contributed by atoms with E-state index in [0.717, 1.165) is 18.5 Å². The fourth-order valence-electron chi connectivity index (χ4n) is 3.57. The van der Waals surface area contributed by atoms with Gasteiger partial charge in [-0.05, 0) is 26.7 Å². The first-order valence-corrected chi connectivity index (χ1v) is 9.26. The van der Waals surface area contributed by atoms with Gasteiger partial charge in [-0.2, -0.15) is 0 Å². The number of carbonyl (C=O) groups excluding carboxylic acids is 1. The molecule has 0 bridgehead atoms. The lowest BCUT2D eigenvalue weighted by atomic mass is 10.1. The Morgan fingerprint density at radius 2 is 1.96 bits per heavy atom. The molecule has 4 rings (SSSR count). The van der Waals surface area contributed by atoms with Crippen LogP contribution in [0.25, 0.3) is 5.65 Å². The lowest BCUT2D eigenvalue weighted by molar-refractivity contribution is 0.0732. The maximum Gasteiger partial charge on any atom is 0.275 e. The highest BCUT2D eigenvalue weighted by molar-refractivity contribution is 5.94. The zero-order chi connectivity index (χ0) is 20.0. The summed E-state index contributed by atoms with van der Waals surface area (Å²) < 4.78 is 1.45. The topological polar surface area (TPSA) is 99.5 Å². The summed E-state index contributed by atoms with van der Waals surface area (Å²) in [7, 11) is 3.70. The van der Waals surface area contributed by atoms with Gasteiger partial charge in [-0.3, -0.25) is 14.7 Å². The average molecular weight is 381 g/mol. The third kappa shape index (κ3) is 2.92. The zero-order valence-electron chi connectivity index (χ0n) is 16.4. The number of carbonyl (C=O) groups is 1. The normalized spacial score (nSPS) is 16.7. The number of aromatic nitrogens is 5. The SMILES string of the molecule is Cc1nc2cc(C3CCCN3C(=O)c3cnc(N(C)C)nc3)[nH]n2c(=O)c1C. The zero-order valence-corrected chi connectivity index (χ0v) is 16.4. The van der Waals surface area contributed by atoms with Crippen LogP contribution in [0.15, 0.2) is 23.3 Å². The molecule has 1 fully saturated rings. The maximum absolute atomic E-state index is 13.0. The highest BCUT2D eigenvalue weighted by Gasteiger charge is 2.32. The molecule has 1 aliphatic heterocycles. The van der Waals surface area contributed by atoms with Gasteiger partial charge in [0.2, 0.25) is 5.95 Å². The second kappa shape index (κ2) is 6.74. The summed E-state index contributed by atoms with van der Waals surface area (Å²) >= 11 is 0. The Kier molecular flexibility index (Phi) is 4.37. The van der Waals surface area contributed by atoms with Crippen molar-refractivity contribution in [3.8, 4) is 0 Å². The summed E-state index contributed by atoms with van der Waals surface area (Å²) in [6.07, 6.45) is 4.83. The number of rotatable bonds is 3. The first-order valence-electron chi connectivity index (χ1n) is 9.26. The Hall–Kier alpha value is -3.23. The number of likely N-dealkylation sites (tertiary alicyclic amines) is 1. The van der Waals surface area contributed by atoms with Gasteiger partial charge < -0.3 is 9.80 Å². The third-order valence-corrected chi connectivity index (χ3v) is 5.26. The number of aryl methyl sites for hydroxylation is 1. The van der Waals surface area contributed by atoms with E-state index in [2.05, 4.69) is 20.1 Å². The number of amides is 1. The molecule has 0 spiro atoms. The molecule has 1 unspecified atom stereocenters. The van der Waals surface area contributed by atoms with Crippen molar-refractivity contribution in [2.45, 2.75) is 32.7 Å². The molecule has 28 heavy (non-hydrogen) atoms. The van der Waals surface area contributed by atoms with Crippen molar-refractivity contribution >= 4 is 17.5 Å². The number of fused-ring (bicyclic) bond motifs is 1. The Morgan fingerprint density at radius 1 is 1.25 bits per heavy atom. The van der Waals surface area contributed by atoms with E-state index in [0.29, 0.717) is 35.0 Å². The maximum atomic E-state index is 13.0. The second-order valence-electron chi connectivity index (χ2n) is 7.36. The molecule has 0 aromatic carbocycles. The predicted octanol–water partition coefficient (Wildman–Crippen LogP) is 1.47. The van der Waals surface area contributed by atoms with Crippen molar-refractivity contribution < 1.29 is 4.79 Å². The first-order chi connectivity index (χ1) is 13.4. The number of anilines is 1. The number of hydrogen-bond acceptors (Lipinski definition) is 6. The molecular formula is C19H23N7O2. The molecule has 9 heteroatoms. The highest BCUT2D eigenvalue weighted by Crippen LogP contribution is 2.32. The number of H-pyrrole nitrogens is 1. The van der Waals surface area contributed by atoms with Gasteiger partial charge >= 0.3 is 0 Å². The van der Waals surface area contributed by atoms with Crippen LogP contribution in [0.1, 0.15) is 46.2 Å². The number of aromatic amines is 1. The van der Waals surface area contributed by atoms with Crippen LogP contribution in [0.5, 0.6) is 0 Å². The van der Waals surface area contributed by atoms with Crippen molar-refractivity contribution in [2.24, 2.45) is 0 Å². The van der Waals surface area contributed by atoms with Crippen LogP contribution < -0.4 is 10.5 Å². The first kappa shape index (κ1) is 18.1. The minimum absolute atomic E-state index is 0.112. The third-order valence-electron chi connectivity index (χ3n) is 5.26. The van der Waals surface area contributed by atoms with Crippen molar-refractivity contribution in [1.82, 2.24) is 29.5 Å². The van der Waals surface area contributed by atoms with Gasteiger partial charge in [-0.25, -0.2) is 19.5 Å². The molecule has 146 valence electrons. The van der Waals surface area contributed by atoms with Crippen molar-refractivity contribution in [3.63, 3.8) is 0 Å². The van der Waals surface area contributed by atoms with Crippen molar-refractivity contribution in [1.29, 1.82) is 0 Å². The van der Waals surface area contributed by atoms with E-state index < -0.39 is 0 Å². The number of nitrogens with one attached hydrogen (secondary N) is 1. The monoisotopic (exact) mass is 381 g/mol. The fourth-order valence-corrected chi connectivity index (χ4v) is 3.57. The summed E-state index contributed by atoms with van der Waals surface area (Å²) in [6, 6.07) is 1.72. The molecule has 1 aliphatic rings. The quantitative estimate of drug-likeness (QED) is 0.738. The van der Waals surface area contributed by atoms with E-state index in [9.17, 15) is 9.59 Å². The molecule has 0 radical (unpaired) electrons. The average Bonchev–Trinajstić information content (AvgIpc) is 3.32. The van der Waals surface area contributed by atoms with E-state index in [1.54, 1.807) is 24.2 Å². The summed E-state index contributed by atoms with van der Waals surface area (Å²) in [5.74, 6) is 0.445. The highest BCUT2D eigenvalue weighted by atomic mass is 16.2. The Bertz CT molecular complexity index is 1100. The molecule has 9 nitrogen and oxygen atoms in total. The molecular weight excluding hydrogens is 358 g/mol.